The molecule has 0 aromatic carbocycles. The van der Waals surface area contributed by atoms with Crippen LogP contribution in [-0.2, 0) is 14.3 Å². The van der Waals surface area contributed by atoms with Crippen molar-refractivity contribution < 1.29 is 24.5 Å². The van der Waals surface area contributed by atoms with Crippen molar-refractivity contribution >= 4 is 11.9 Å². The van der Waals surface area contributed by atoms with Crippen molar-refractivity contribution in [3.05, 3.63) is 0 Å². The molecule has 1 aliphatic rings. The summed E-state index contributed by atoms with van der Waals surface area (Å²) < 4.78 is 5.23. The lowest BCUT2D eigenvalue weighted by Crippen LogP contribution is -2.33. The second-order valence-electron chi connectivity index (χ2n) is 6.07. The number of carbonyl (C=O) groups is 2. The van der Waals surface area contributed by atoms with Crippen molar-refractivity contribution in [1.82, 2.24) is 0 Å². The maximum absolute atomic E-state index is 12.0. The van der Waals surface area contributed by atoms with Crippen LogP contribution in [0.3, 0.4) is 0 Å². The molecule has 0 aromatic rings. The summed E-state index contributed by atoms with van der Waals surface area (Å²) >= 11 is 0. The molecule has 5 nitrogen and oxygen atoms in total. The summed E-state index contributed by atoms with van der Waals surface area (Å²) in [4.78, 5) is 23.1. The Hall–Kier alpha value is -1.10. The lowest BCUT2D eigenvalue weighted by molar-refractivity contribution is -0.165. The van der Waals surface area contributed by atoms with Gasteiger partial charge in [-0.25, -0.2) is 0 Å². The zero-order chi connectivity index (χ0) is 14.1. The number of aliphatic hydroxyl groups is 1. The zero-order valence-corrected chi connectivity index (χ0v) is 11.4. The third kappa shape index (κ3) is 3.45. The van der Waals surface area contributed by atoms with Crippen molar-refractivity contribution in [2.24, 2.45) is 11.8 Å². The monoisotopic (exact) mass is 258 g/mol. The van der Waals surface area contributed by atoms with Crippen LogP contribution in [0.1, 0.15) is 47.0 Å². The lowest BCUT2D eigenvalue weighted by atomic mass is 9.96. The maximum atomic E-state index is 12.0. The Bertz CT molecular complexity index is 344. The fourth-order valence-electron chi connectivity index (χ4n) is 2.36. The Balaban J connectivity index is 2.85. The molecule has 1 saturated carbocycles. The molecule has 0 amide bonds. The van der Waals surface area contributed by atoms with Crippen LogP contribution < -0.4 is 0 Å². The highest BCUT2D eigenvalue weighted by atomic mass is 16.6. The molecule has 0 heterocycles. The molecule has 1 unspecified atom stereocenters. The molecule has 0 aliphatic heterocycles. The number of hydrogen-bond acceptors (Lipinski definition) is 4. The van der Waals surface area contributed by atoms with Crippen LogP contribution in [-0.4, -0.2) is 33.4 Å². The summed E-state index contributed by atoms with van der Waals surface area (Å²) in [5.74, 6) is -3.19. The van der Waals surface area contributed by atoms with Crippen LogP contribution in [0.15, 0.2) is 0 Å². The van der Waals surface area contributed by atoms with Gasteiger partial charge in [0, 0.05) is 0 Å². The second-order valence-corrected chi connectivity index (χ2v) is 6.07. The minimum atomic E-state index is -1.06. The van der Waals surface area contributed by atoms with Crippen LogP contribution in [0.2, 0.25) is 0 Å². The molecule has 1 aliphatic carbocycles. The number of carbonyl (C=O) groups excluding carboxylic acids is 1. The quantitative estimate of drug-likeness (QED) is 0.751. The first-order valence-corrected chi connectivity index (χ1v) is 6.26. The molecule has 0 bridgehead atoms. The molecule has 2 N–H and O–H groups in total. The molecule has 0 spiro atoms. The van der Waals surface area contributed by atoms with Gasteiger partial charge in [0.05, 0.1) is 17.4 Å². The first-order chi connectivity index (χ1) is 8.08. The van der Waals surface area contributed by atoms with Gasteiger partial charge in [0.25, 0.3) is 0 Å². The molecule has 0 saturated heterocycles. The lowest BCUT2D eigenvalue weighted by Gasteiger charge is -2.24. The predicted molar refractivity (Wildman–Crippen MR) is 64.9 cm³/mol. The number of carboxylic acids is 1. The molecule has 3 atom stereocenters. The Morgan fingerprint density at radius 2 is 1.78 bits per heavy atom. The van der Waals surface area contributed by atoms with Gasteiger partial charge in [-0.3, -0.25) is 9.59 Å². The number of aliphatic carboxylic acids is 1. The molecule has 0 aromatic heterocycles. The highest BCUT2D eigenvalue weighted by molar-refractivity contribution is 5.82. The first-order valence-electron chi connectivity index (χ1n) is 6.26. The molecule has 18 heavy (non-hydrogen) atoms. The van der Waals surface area contributed by atoms with Crippen molar-refractivity contribution in [2.75, 3.05) is 0 Å². The van der Waals surface area contributed by atoms with E-state index in [1.54, 1.807) is 27.7 Å². The topological polar surface area (TPSA) is 83.8 Å². The number of ether oxygens (including phenoxy) is 1. The van der Waals surface area contributed by atoms with E-state index >= 15 is 0 Å². The van der Waals surface area contributed by atoms with Crippen LogP contribution >= 0.6 is 0 Å². The van der Waals surface area contributed by atoms with Gasteiger partial charge >= 0.3 is 11.9 Å². The van der Waals surface area contributed by atoms with Crippen LogP contribution in [0, 0.1) is 11.8 Å². The van der Waals surface area contributed by atoms with E-state index in [0.717, 1.165) is 0 Å². The average Bonchev–Trinajstić information content (AvgIpc) is 2.55. The van der Waals surface area contributed by atoms with E-state index in [-0.39, 0.29) is 12.8 Å². The summed E-state index contributed by atoms with van der Waals surface area (Å²) in [6.07, 6.45) is 0.716. The fourth-order valence-corrected chi connectivity index (χ4v) is 2.36. The Labute approximate surface area is 107 Å². The van der Waals surface area contributed by atoms with Crippen molar-refractivity contribution in [1.29, 1.82) is 0 Å². The average molecular weight is 258 g/mol. The maximum Gasteiger partial charge on any atom is 0.310 e. The summed E-state index contributed by atoms with van der Waals surface area (Å²) in [5.41, 5.74) is -1.71. The minimum Gasteiger partial charge on any atom is -0.481 e. The molecule has 5 heteroatoms. The standard InChI is InChI=1S/C13H22O5/c1-5-13(17)6-8(10(14)15)9(7-13)11(16)18-12(2,3)4/h8-9,17H,5-7H2,1-4H3,(H,14,15)/t8-,9?,13+/m1/s1. The van der Waals surface area contributed by atoms with Gasteiger partial charge in [-0.1, -0.05) is 6.92 Å². The number of hydrogen-bond donors (Lipinski definition) is 2. The van der Waals surface area contributed by atoms with Crippen molar-refractivity contribution in [2.45, 2.75) is 58.2 Å². The summed E-state index contributed by atoms with van der Waals surface area (Å²) in [7, 11) is 0. The summed E-state index contributed by atoms with van der Waals surface area (Å²) in [6.45, 7) is 7.00. The van der Waals surface area contributed by atoms with E-state index in [0.29, 0.717) is 6.42 Å². The number of carboxylic acid groups (broad SMARTS) is 1. The molecule has 0 radical (unpaired) electrons. The number of rotatable bonds is 3. The molecular formula is C13H22O5. The number of esters is 1. The van der Waals surface area contributed by atoms with Crippen molar-refractivity contribution in [3.63, 3.8) is 0 Å². The van der Waals surface area contributed by atoms with E-state index in [4.69, 9.17) is 9.84 Å². The predicted octanol–water partition coefficient (Wildman–Crippen LogP) is 1.58. The van der Waals surface area contributed by atoms with Gasteiger partial charge in [0.2, 0.25) is 0 Å². The van der Waals surface area contributed by atoms with Gasteiger partial charge in [0.15, 0.2) is 0 Å². The van der Waals surface area contributed by atoms with Gasteiger partial charge in [0.1, 0.15) is 5.60 Å². The highest BCUT2D eigenvalue weighted by Crippen LogP contribution is 2.42. The normalized spacial score (nSPS) is 32.3. The highest BCUT2D eigenvalue weighted by Gasteiger charge is 2.50. The zero-order valence-electron chi connectivity index (χ0n) is 11.4. The first kappa shape index (κ1) is 15.0. The van der Waals surface area contributed by atoms with E-state index in [2.05, 4.69) is 0 Å². The SMILES string of the molecule is CC[C@@]1(O)CC(C(=O)OC(C)(C)C)[C@H](C(=O)O)C1. The fraction of sp³-hybridized carbons (Fsp3) is 0.846. The molecule has 104 valence electrons. The minimum absolute atomic E-state index is 0.114. The molecule has 1 fully saturated rings. The van der Waals surface area contributed by atoms with Gasteiger partial charge in [-0.2, -0.15) is 0 Å². The second kappa shape index (κ2) is 4.88. The van der Waals surface area contributed by atoms with Crippen molar-refractivity contribution in [3.8, 4) is 0 Å². The Morgan fingerprint density at radius 1 is 1.28 bits per heavy atom. The molecule has 1 rings (SSSR count). The van der Waals surface area contributed by atoms with Crippen LogP contribution in [0.5, 0.6) is 0 Å². The van der Waals surface area contributed by atoms with E-state index in [9.17, 15) is 14.7 Å². The Kier molecular flexibility index (Phi) is 4.05. The van der Waals surface area contributed by atoms with E-state index < -0.39 is 35.0 Å². The third-order valence-electron chi connectivity index (χ3n) is 3.37. The smallest absolute Gasteiger partial charge is 0.310 e. The largest absolute Gasteiger partial charge is 0.481 e. The van der Waals surface area contributed by atoms with E-state index in [1.165, 1.54) is 0 Å². The van der Waals surface area contributed by atoms with E-state index in [1.807, 2.05) is 0 Å². The van der Waals surface area contributed by atoms with Gasteiger partial charge in [-0.05, 0) is 40.0 Å². The Morgan fingerprint density at radius 3 is 2.17 bits per heavy atom. The summed E-state index contributed by atoms with van der Waals surface area (Å²) in [6, 6.07) is 0. The van der Waals surface area contributed by atoms with Gasteiger partial charge in [-0.15, -0.1) is 0 Å². The molecular weight excluding hydrogens is 236 g/mol. The van der Waals surface area contributed by atoms with Gasteiger partial charge < -0.3 is 14.9 Å². The third-order valence-corrected chi connectivity index (χ3v) is 3.37. The van der Waals surface area contributed by atoms with Crippen LogP contribution in [0.4, 0.5) is 0 Å². The summed E-state index contributed by atoms with van der Waals surface area (Å²) in [5, 5.41) is 19.3. The van der Waals surface area contributed by atoms with Crippen LogP contribution in [0.25, 0.3) is 0 Å².